The van der Waals surface area contributed by atoms with E-state index in [0.717, 1.165) is 12.1 Å². The topological polar surface area (TPSA) is 52.3 Å². The summed E-state index contributed by atoms with van der Waals surface area (Å²) in [5.41, 5.74) is 5.10. The Balaban J connectivity index is 2.35. The number of rotatable bonds is 3. The lowest BCUT2D eigenvalue weighted by Crippen LogP contribution is -2.17. The van der Waals surface area contributed by atoms with E-state index < -0.39 is 23.8 Å². The van der Waals surface area contributed by atoms with Gasteiger partial charge in [-0.05, 0) is 23.8 Å². The number of hydrogen-bond acceptors (Lipinski definition) is 2. The molecule has 7 heteroatoms. The van der Waals surface area contributed by atoms with Crippen LogP contribution in [-0.2, 0) is 0 Å². The van der Waals surface area contributed by atoms with Gasteiger partial charge in [-0.3, -0.25) is 4.79 Å². The predicted octanol–water partition coefficient (Wildman–Crippen LogP) is 3.49. The van der Waals surface area contributed by atoms with E-state index in [9.17, 15) is 22.4 Å². The minimum atomic E-state index is -4.79. The summed E-state index contributed by atoms with van der Waals surface area (Å²) in [5, 5.41) is 0. The number of halogens is 4. The molecule has 2 rings (SSSR count). The highest BCUT2D eigenvalue weighted by molar-refractivity contribution is 5.94. The van der Waals surface area contributed by atoms with Gasteiger partial charge in [-0.2, -0.15) is 0 Å². The molecule has 0 fully saturated rings. The summed E-state index contributed by atoms with van der Waals surface area (Å²) < 4.78 is 53.9. The maximum absolute atomic E-state index is 14.1. The minimum Gasteiger partial charge on any atom is -0.406 e. The molecule has 0 saturated carbocycles. The Morgan fingerprint density at radius 1 is 1.05 bits per heavy atom. The van der Waals surface area contributed by atoms with Crippen molar-refractivity contribution in [1.82, 2.24) is 0 Å². The third-order valence-electron chi connectivity index (χ3n) is 2.66. The molecule has 0 atom stereocenters. The van der Waals surface area contributed by atoms with E-state index in [2.05, 4.69) is 4.74 Å². The maximum Gasteiger partial charge on any atom is 0.573 e. The predicted molar refractivity (Wildman–Crippen MR) is 67.0 cm³/mol. The normalized spacial score (nSPS) is 11.2. The van der Waals surface area contributed by atoms with Gasteiger partial charge in [0.1, 0.15) is 11.6 Å². The molecule has 0 radical (unpaired) electrons. The zero-order valence-corrected chi connectivity index (χ0v) is 10.4. The van der Waals surface area contributed by atoms with Gasteiger partial charge in [0.2, 0.25) is 0 Å². The largest absolute Gasteiger partial charge is 0.573 e. The number of primary amides is 1. The standard InChI is InChI=1S/C14H9F4NO2/c15-12-10(2-1-3-11(12)13(19)20)8-4-6-9(7-5-8)21-14(16,17)18/h1-7H,(H2,19,20). The van der Waals surface area contributed by atoms with Gasteiger partial charge >= 0.3 is 6.36 Å². The van der Waals surface area contributed by atoms with Crippen LogP contribution in [-0.4, -0.2) is 12.3 Å². The van der Waals surface area contributed by atoms with E-state index in [1.807, 2.05) is 0 Å². The second kappa shape index (κ2) is 5.43. The summed E-state index contributed by atoms with van der Waals surface area (Å²) >= 11 is 0. The van der Waals surface area contributed by atoms with Crippen molar-refractivity contribution in [3.63, 3.8) is 0 Å². The van der Waals surface area contributed by atoms with Crippen LogP contribution in [0.3, 0.4) is 0 Å². The smallest absolute Gasteiger partial charge is 0.406 e. The Morgan fingerprint density at radius 2 is 1.67 bits per heavy atom. The van der Waals surface area contributed by atoms with E-state index in [1.54, 1.807) is 0 Å². The Hall–Kier alpha value is -2.57. The molecule has 110 valence electrons. The first-order valence-electron chi connectivity index (χ1n) is 5.72. The molecule has 3 nitrogen and oxygen atoms in total. The summed E-state index contributed by atoms with van der Waals surface area (Å²) in [7, 11) is 0. The number of amides is 1. The van der Waals surface area contributed by atoms with E-state index >= 15 is 0 Å². The molecule has 0 aliphatic heterocycles. The van der Waals surface area contributed by atoms with Gasteiger partial charge in [-0.15, -0.1) is 13.2 Å². The average molecular weight is 299 g/mol. The first-order valence-corrected chi connectivity index (χ1v) is 5.72. The molecule has 1 amide bonds. The number of nitrogens with two attached hydrogens (primary N) is 1. The van der Waals surface area contributed by atoms with Crippen LogP contribution in [0.4, 0.5) is 17.6 Å². The number of carbonyl (C=O) groups is 1. The molecule has 0 unspecified atom stereocenters. The van der Waals surface area contributed by atoms with E-state index in [4.69, 9.17) is 5.73 Å². The molecular formula is C14H9F4NO2. The highest BCUT2D eigenvalue weighted by Crippen LogP contribution is 2.28. The fourth-order valence-electron chi connectivity index (χ4n) is 1.78. The number of alkyl halides is 3. The van der Waals surface area contributed by atoms with E-state index in [-0.39, 0.29) is 11.1 Å². The Morgan fingerprint density at radius 3 is 2.19 bits per heavy atom. The second-order valence-electron chi connectivity index (χ2n) is 4.10. The molecule has 0 aliphatic rings. The van der Waals surface area contributed by atoms with Crippen molar-refractivity contribution in [3.05, 3.63) is 53.8 Å². The molecule has 2 aromatic carbocycles. The Kier molecular flexibility index (Phi) is 3.84. The molecular weight excluding hydrogens is 290 g/mol. The summed E-state index contributed by atoms with van der Waals surface area (Å²) in [6, 6.07) is 8.66. The van der Waals surface area contributed by atoms with Gasteiger partial charge < -0.3 is 10.5 Å². The van der Waals surface area contributed by atoms with Crippen LogP contribution < -0.4 is 10.5 Å². The molecule has 0 saturated heterocycles. The minimum absolute atomic E-state index is 0.0601. The number of ether oxygens (including phenoxy) is 1. The van der Waals surface area contributed by atoms with Crippen molar-refractivity contribution in [2.24, 2.45) is 5.73 Å². The number of benzene rings is 2. The Labute approximate surface area is 116 Å². The van der Waals surface area contributed by atoms with Crippen molar-refractivity contribution < 1.29 is 27.1 Å². The molecule has 0 bridgehead atoms. The van der Waals surface area contributed by atoms with Gasteiger partial charge in [0.15, 0.2) is 0 Å². The Bertz CT molecular complexity index is 666. The van der Waals surface area contributed by atoms with Crippen LogP contribution in [0.15, 0.2) is 42.5 Å². The molecule has 2 N–H and O–H groups in total. The second-order valence-corrected chi connectivity index (χ2v) is 4.10. The van der Waals surface area contributed by atoms with Crippen LogP contribution in [0.1, 0.15) is 10.4 Å². The summed E-state index contributed by atoms with van der Waals surface area (Å²) in [6.45, 7) is 0. The van der Waals surface area contributed by atoms with E-state index in [1.165, 1.54) is 30.3 Å². The lowest BCUT2D eigenvalue weighted by molar-refractivity contribution is -0.274. The average Bonchev–Trinajstić information content (AvgIpc) is 2.38. The molecule has 21 heavy (non-hydrogen) atoms. The lowest BCUT2D eigenvalue weighted by atomic mass is 10.0. The monoisotopic (exact) mass is 299 g/mol. The van der Waals surface area contributed by atoms with Crippen LogP contribution in [0.2, 0.25) is 0 Å². The first-order chi connectivity index (χ1) is 9.78. The molecule has 0 aromatic heterocycles. The maximum atomic E-state index is 14.1. The summed E-state index contributed by atoms with van der Waals surface area (Å²) in [4.78, 5) is 11.1. The van der Waals surface area contributed by atoms with Crippen LogP contribution in [0.25, 0.3) is 11.1 Å². The fourth-order valence-corrected chi connectivity index (χ4v) is 1.78. The van der Waals surface area contributed by atoms with Gasteiger partial charge in [-0.25, -0.2) is 4.39 Å². The van der Waals surface area contributed by atoms with Gasteiger partial charge in [0.05, 0.1) is 5.56 Å². The van der Waals surface area contributed by atoms with Crippen LogP contribution in [0.5, 0.6) is 5.75 Å². The summed E-state index contributed by atoms with van der Waals surface area (Å²) in [6.07, 6.45) is -4.79. The first kappa shape index (κ1) is 14.8. The lowest BCUT2D eigenvalue weighted by Gasteiger charge is -2.10. The zero-order valence-electron chi connectivity index (χ0n) is 10.4. The number of carbonyl (C=O) groups excluding carboxylic acids is 1. The molecule has 2 aromatic rings. The SMILES string of the molecule is NC(=O)c1cccc(-c2ccc(OC(F)(F)F)cc2)c1F. The van der Waals surface area contributed by atoms with Crippen molar-refractivity contribution in [2.75, 3.05) is 0 Å². The highest BCUT2D eigenvalue weighted by atomic mass is 19.4. The van der Waals surface area contributed by atoms with Gasteiger partial charge in [0.25, 0.3) is 5.91 Å². The third kappa shape index (κ3) is 3.50. The fraction of sp³-hybridized carbons (Fsp3) is 0.0714. The van der Waals surface area contributed by atoms with E-state index in [0.29, 0.717) is 5.56 Å². The molecule has 0 aliphatic carbocycles. The third-order valence-corrected chi connectivity index (χ3v) is 2.66. The molecule has 0 heterocycles. The zero-order chi connectivity index (χ0) is 15.6. The van der Waals surface area contributed by atoms with Crippen molar-refractivity contribution in [2.45, 2.75) is 6.36 Å². The molecule has 0 spiro atoms. The quantitative estimate of drug-likeness (QED) is 0.882. The van der Waals surface area contributed by atoms with Gasteiger partial charge in [0, 0.05) is 5.56 Å². The van der Waals surface area contributed by atoms with Gasteiger partial charge in [-0.1, -0.05) is 24.3 Å². The van der Waals surface area contributed by atoms with Crippen molar-refractivity contribution in [3.8, 4) is 16.9 Å². The number of hydrogen-bond donors (Lipinski definition) is 1. The highest BCUT2D eigenvalue weighted by Gasteiger charge is 2.31. The van der Waals surface area contributed by atoms with Crippen LogP contribution >= 0.6 is 0 Å². The van der Waals surface area contributed by atoms with Crippen LogP contribution in [0, 0.1) is 5.82 Å². The summed E-state index contributed by atoms with van der Waals surface area (Å²) in [5.74, 6) is -2.17. The van der Waals surface area contributed by atoms with Crippen molar-refractivity contribution in [1.29, 1.82) is 0 Å². The van der Waals surface area contributed by atoms with Crippen molar-refractivity contribution >= 4 is 5.91 Å².